The van der Waals surface area contributed by atoms with Gasteiger partial charge in [-0.15, -0.1) is 0 Å². The molecular weight excluding hydrogens is 397 g/mol. The quantitative estimate of drug-likeness (QED) is 0.460. The van der Waals surface area contributed by atoms with E-state index >= 15 is 0 Å². The summed E-state index contributed by atoms with van der Waals surface area (Å²) in [5, 5.41) is 0. The van der Waals surface area contributed by atoms with Gasteiger partial charge in [0.15, 0.2) is 0 Å². The second kappa shape index (κ2) is 8.04. The molecule has 0 amide bonds. The van der Waals surface area contributed by atoms with Gasteiger partial charge in [0, 0.05) is 0 Å². The number of rotatable bonds is 0. The molecule has 0 bridgehead atoms. The van der Waals surface area contributed by atoms with E-state index in [1.54, 1.807) is 0 Å². The van der Waals surface area contributed by atoms with Gasteiger partial charge in [0.2, 0.25) is 0 Å². The fourth-order valence-corrected chi connectivity index (χ4v) is 2.81. The van der Waals surface area contributed by atoms with Gasteiger partial charge in [-0.1, -0.05) is 69.2 Å². The van der Waals surface area contributed by atoms with Gasteiger partial charge in [0.05, 0.1) is 0 Å². The molecule has 2 rings (SSSR count). The summed E-state index contributed by atoms with van der Waals surface area (Å²) in [5.41, 5.74) is 14.7. The monoisotopic (exact) mass is 428 g/mol. The van der Waals surface area contributed by atoms with Crippen LogP contribution in [0.5, 0.6) is 0 Å². The predicted molar refractivity (Wildman–Crippen MR) is 91.4 cm³/mol. The molecule has 0 radical (unpaired) electrons. The second-order valence-corrected chi connectivity index (χ2v) is 6.25. The molecule has 0 unspecified atom stereocenters. The SMILES string of the molecule is Cc1c(C)c(C)[c-](C)c1C.Cc1c(C)c(C)[c-](C)c1C.[Gd+2]. The van der Waals surface area contributed by atoms with Crippen LogP contribution in [0.2, 0.25) is 0 Å². The van der Waals surface area contributed by atoms with E-state index in [1.807, 2.05) is 0 Å². The summed E-state index contributed by atoms with van der Waals surface area (Å²) in [6.45, 7) is 22.0. The normalized spacial score (nSPS) is 10.0. The molecule has 0 spiro atoms. The first-order chi connectivity index (χ1) is 9.11. The van der Waals surface area contributed by atoms with Crippen LogP contribution in [0.25, 0.3) is 0 Å². The molecule has 0 N–H and O–H groups in total. The van der Waals surface area contributed by atoms with Crippen LogP contribution in [-0.2, 0) is 0 Å². The van der Waals surface area contributed by atoms with Crippen molar-refractivity contribution < 1.29 is 39.9 Å². The van der Waals surface area contributed by atoms with Gasteiger partial charge in [-0.2, -0.15) is 55.6 Å². The minimum atomic E-state index is 0. The zero-order valence-corrected chi connectivity index (χ0v) is 17.6. The van der Waals surface area contributed by atoms with Gasteiger partial charge in [-0.25, -0.2) is 0 Å². The molecule has 1 heteroatoms. The van der Waals surface area contributed by atoms with Gasteiger partial charge in [0.25, 0.3) is 0 Å². The number of hydrogen-bond acceptors (Lipinski definition) is 0. The van der Waals surface area contributed by atoms with Crippen LogP contribution in [0.3, 0.4) is 0 Å². The second-order valence-electron chi connectivity index (χ2n) is 6.25. The van der Waals surface area contributed by atoms with Crippen molar-refractivity contribution in [2.45, 2.75) is 69.2 Å². The summed E-state index contributed by atoms with van der Waals surface area (Å²) in [6, 6.07) is 0. The van der Waals surface area contributed by atoms with Crippen LogP contribution in [0, 0.1) is 109 Å². The van der Waals surface area contributed by atoms with E-state index in [0.29, 0.717) is 0 Å². The third kappa shape index (κ3) is 4.06. The fourth-order valence-electron chi connectivity index (χ4n) is 2.81. The molecule has 0 saturated heterocycles. The van der Waals surface area contributed by atoms with E-state index in [1.165, 1.54) is 55.6 Å². The molecule has 0 aliphatic heterocycles. The zero-order valence-electron chi connectivity index (χ0n) is 15.4. The van der Waals surface area contributed by atoms with E-state index in [0.717, 1.165) is 0 Å². The van der Waals surface area contributed by atoms with Crippen molar-refractivity contribution in [3.63, 3.8) is 0 Å². The molecule has 0 heterocycles. The molecule has 0 aromatic heterocycles. The van der Waals surface area contributed by atoms with E-state index < -0.39 is 0 Å². The van der Waals surface area contributed by atoms with Crippen molar-refractivity contribution in [2.75, 3.05) is 0 Å². The van der Waals surface area contributed by atoms with Crippen molar-refractivity contribution >= 4 is 0 Å². The molecule has 118 valence electrons. The Morgan fingerprint density at radius 1 is 0.429 bits per heavy atom. The Morgan fingerprint density at radius 3 is 0.619 bits per heavy atom. The minimum Gasteiger partial charge on any atom is -0.196 e. The summed E-state index contributed by atoms with van der Waals surface area (Å²) in [4.78, 5) is 0. The molecule has 0 atom stereocenters. The average molecular weight is 428 g/mol. The van der Waals surface area contributed by atoms with Crippen LogP contribution < -0.4 is 0 Å². The van der Waals surface area contributed by atoms with Gasteiger partial charge in [-0.05, 0) is 0 Å². The summed E-state index contributed by atoms with van der Waals surface area (Å²) in [5.74, 6) is 0. The predicted octanol–water partition coefficient (Wildman–Crippen LogP) is 5.90. The number of hydrogen-bond donors (Lipinski definition) is 0. The molecule has 2 aromatic rings. The molecule has 21 heavy (non-hydrogen) atoms. The Kier molecular flexibility index (Phi) is 8.05. The van der Waals surface area contributed by atoms with E-state index in [-0.39, 0.29) is 39.9 Å². The molecule has 0 nitrogen and oxygen atoms in total. The van der Waals surface area contributed by atoms with Crippen molar-refractivity contribution in [2.24, 2.45) is 0 Å². The Balaban J connectivity index is 0.000000364. The Bertz CT molecular complexity index is 404. The Labute approximate surface area is 163 Å². The van der Waals surface area contributed by atoms with Crippen molar-refractivity contribution in [1.82, 2.24) is 0 Å². The van der Waals surface area contributed by atoms with Crippen molar-refractivity contribution in [3.8, 4) is 0 Å². The summed E-state index contributed by atoms with van der Waals surface area (Å²) in [7, 11) is 0. The van der Waals surface area contributed by atoms with Crippen LogP contribution in [-0.4, -0.2) is 0 Å². The van der Waals surface area contributed by atoms with Crippen LogP contribution in [0.15, 0.2) is 0 Å². The van der Waals surface area contributed by atoms with Gasteiger partial charge in [0.1, 0.15) is 0 Å². The third-order valence-electron chi connectivity index (χ3n) is 5.62. The van der Waals surface area contributed by atoms with Gasteiger partial charge >= 0.3 is 39.9 Å². The molecule has 0 saturated carbocycles. The van der Waals surface area contributed by atoms with E-state index in [9.17, 15) is 0 Å². The third-order valence-corrected chi connectivity index (χ3v) is 5.62. The first-order valence-corrected chi connectivity index (χ1v) is 7.50. The minimum absolute atomic E-state index is 0. The summed E-state index contributed by atoms with van der Waals surface area (Å²) >= 11 is 0. The smallest absolute Gasteiger partial charge is 0.196 e. The van der Waals surface area contributed by atoms with Crippen LogP contribution >= 0.6 is 0 Å². The summed E-state index contributed by atoms with van der Waals surface area (Å²) in [6.07, 6.45) is 0. The Hall–Kier alpha value is 0.0247. The molecular formula is C20H30Gd. The maximum Gasteiger partial charge on any atom is 2.00 e. The molecule has 0 fully saturated rings. The van der Waals surface area contributed by atoms with Gasteiger partial charge in [-0.3, -0.25) is 0 Å². The topological polar surface area (TPSA) is 0 Å². The molecule has 2 aromatic carbocycles. The van der Waals surface area contributed by atoms with E-state index in [2.05, 4.69) is 69.2 Å². The van der Waals surface area contributed by atoms with Crippen molar-refractivity contribution in [3.05, 3.63) is 55.6 Å². The average Bonchev–Trinajstić information content (AvgIpc) is 2.71. The first kappa shape index (κ1) is 21.0. The maximum absolute atomic E-state index is 2.20. The largest absolute Gasteiger partial charge is 2.00 e. The Morgan fingerprint density at radius 2 is 0.571 bits per heavy atom. The molecule has 0 aliphatic carbocycles. The van der Waals surface area contributed by atoms with Crippen LogP contribution in [0.4, 0.5) is 0 Å². The zero-order chi connectivity index (χ0) is 15.8. The standard InChI is InChI=1S/2C10H15.Gd/c2*1-6-7(2)9(4)10(5)8(6)3;/h2*1-5H3;/q2*-1;+2. The molecule has 0 aliphatic rings. The van der Waals surface area contributed by atoms with Gasteiger partial charge < -0.3 is 0 Å². The van der Waals surface area contributed by atoms with E-state index in [4.69, 9.17) is 0 Å². The fraction of sp³-hybridized carbons (Fsp3) is 0.500. The summed E-state index contributed by atoms with van der Waals surface area (Å²) < 4.78 is 0. The van der Waals surface area contributed by atoms with Crippen LogP contribution in [0.1, 0.15) is 55.6 Å². The first-order valence-electron chi connectivity index (χ1n) is 7.50. The maximum atomic E-state index is 2.20. The van der Waals surface area contributed by atoms with Crippen molar-refractivity contribution in [1.29, 1.82) is 0 Å².